The molecule has 0 aliphatic rings. The summed E-state index contributed by atoms with van der Waals surface area (Å²) in [4.78, 5) is 15.7. The Balaban J connectivity index is 2.04. The lowest BCUT2D eigenvalue weighted by Gasteiger charge is -2.18. The van der Waals surface area contributed by atoms with Crippen LogP contribution < -0.4 is 5.32 Å². The summed E-state index contributed by atoms with van der Waals surface area (Å²) in [7, 11) is 0. The van der Waals surface area contributed by atoms with Crippen molar-refractivity contribution in [3.05, 3.63) is 30.5 Å². The van der Waals surface area contributed by atoms with Gasteiger partial charge in [0.15, 0.2) is 11.6 Å². The quantitative estimate of drug-likeness (QED) is 0.898. The molecule has 1 N–H and O–H groups in total. The van der Waals surface area contributed by atoms with Gasteiger partial charge in [0, 0.05) is 12.3 Å². The lowest BCUT2D eigenvalue weighted by atomic mass is 10.2. The van der Waals surface area contributed by atoms with E-state index < -0.39 is 11.7 Å². The lowest BCUT2D eigenvalue weighted by molar-refractivity contribution is 0.0634. The van der Waals surface area contributed by atoms with Gasteiger partial charge in [-0.15, -0.1) is 0 Å². The van der Waals surface area contributed by atoms with Gasteiger partial charge in [-0.1, -0.05) is 11.2 Å². The number of nitrogens with zero attached hydrogens (tertiary/aromatic N) is 2. The molecule has 2 rings (SSSR count). The summed E-state index contributed by atoms with van der Waals surface area (Å²) < 4.78 is 10.2. The number of nitrogens with one attached hydrogen (secondary N) is 1. The van der Waals surface area contributed by atoms with Gasteiger partial charge in [0.25, 0.3) is 0 Å². The molecule has 0 aliphatic carbocycles. The van der Waals surface area contributed by atoms with Crippen molar-refractivity contribution in [1.29, 1.82) is 0 Å². The molecule has 2 aromatic rings. The Labute approximate surface area is 110 Å². The number of hydrogen-bond donors (Lipinski definition) is 1. The average molecular weight is 261 g/mol. The molecule has 6 nitrogen and oxygen atoms in total. The van der Waals surface area contributed by atoms with Gasteiger partial charge >= 0.3 is 6.09 Å². The smallest absolute Gasteiger partial charge is 0.413 e. The largest absolute Gasteiger partial charge is 0.444 e. The summed E-state index contributed by atoms with van der Waals surface area (Å²) in [5.74, 6) is 0.765. The maximum atomic E-state index is 11.5. The summed E-state index contributed by atoms with van der Waals surface area (Å²) in [6.45, 7) is 5.36. The van der Waals surface area contributed by atoms with Crippen LogP contribution in [0.5, 0.6) is 0 Å². The lowest BCUT2D eigenvalue weighted by Crippen LogP contribution is -2.27. The fourth-order valence-corrected chi connectivity index (χ4v) is 1.37. The minimum atomic E-state index is -0.576. The van der Waals surface area contributed by atoms with E-state index >= 15 is 0 Å². The predicted molar refractivity (Wildman–Crippen MR) is 69.6 cm³/mol. The fraction of sp³-hybridized carbons (Fsp3) is 0.308. The fourth-order valence-electron chi connectivity index (χ4n) is 1.37. The van der Waals surface area contributed by atoms with E-state index in [4.69, 9.17) is 9.26 Å². The molecule has 0 aromatic carbocycles. The third-order valence-electron chi connectivity index (χ3n) is 2.06. The summed E-state index contributed by atoms with van der Waals surface area (Å²) in [6.07, 6.45) is 1.08. The molecule has 0 saturated heterocycles. The Bertz CT molecular complexity index is 558. The molecule has 0 saturated carbocycles. The van der Waals surface area contributed by atoms with Crippen LogP contribution in [0.3, 0.4) is 0 Å². The second-order valence-electron chi connectivity index (χ2n) is 4.92. The average Bonchev–Trinajstić information content (AvgIpc) is 2.76. The molecule has 0 radical (unpaired) electrons. The van der Waals surface area contributed by atoms with E-state index in [2.05, 4.69) is 15.5 Å². The van der Waals surface area contributed by atoms with Gasteiger partial charge in [-0.2, -0.15) is 0 Å². The molecule has 100 valence electrons. The number of ether oxygens (including phenoxy) is 1. The van der Waals surface area contributed by atoms with Crippen LogP contribution in [0.4, 0.5) is 10.6 Å². The molecule has 0 aliphatic heterocycles. The molecule has 0 bridgehead atoms. The van der Waals surface area contributed by atoms with Crippen LogP contribution >= 0.6 is 0 Å². The van der Waals surface area contributed by atoms with Crippen molar-refractivity contribution in [3.8, 4) is 11.5 Å². The normalized spacial score (nSPS) is 11.1. The van der Waals surface area contributed by atoms with Crippen molar-refractivity contribution in [2.75, 3.05) is 5.32 Å². The number of rotatable bonds is 2. The van der Waals surface area contributed by atoms with Crippen LogP contribution in [0, 0.1) is 0 Å². The number of hydrogen-bond acceptors (Lipinski definition) is 5. The van der Waals surface area contributed by atoms with E-state index in [-0.39, 0.29) is 5.82 Å². The van der Waals surface area contributed by atoms with Crippen LogP contribution in [0.15, 0.2) is 35.0 Å². The second kappa shape index (κ2) is 5.09. The molecule has 2 heterocycles. The first-order valence-corrected chi connectivity index (χ1v) is 5.82. The number of carbonyl (C=O) groups excluding carboxylic acids is 1. The van der Waals surface area contributed by atoms with Crippen molar-refractivity contribution in [3.63, 3.8) is 0 Å². The topological polar surface area (TPSA) is 77.2 Å². The molecule has 0 atom stereocenters. The second-order valence-corrected chi connectivity index (χ2v) is 4.92. The van der Waals surface area contributed by atoms with E-state index in [0.29, 0.717) is 11.5 Å². The molecule has 0 spiro atoms. The first kappa shape index (κ1) is 13.1. The molecular weight excluding hydrogens is 246 g/mol. The Morgan fingerprint density at radius 1 is 1.37 bits per heavy atom. The Hall–Kier alpha value is -2.37. The van der Waals surface area contributed by atoms with E-state index in [9.17, 15) is 4.79 Å². The number of pyridine rings is 1. The monoisotopic (exact) mass is 261 g/mol. The highest BCUT2D eigenvalue weighted by atomic mass is 16.6. The minimum Gasteiger partial charge on any atom is -0.444 e. The number of aromatic nitrogens is 2. The molecule has 0 fully saturated rings. The number of amides is 1. The maximum absolute atomic E-state index is 11.5. The Morgan fingerprint density at radius 2 is 2.16 bits per heavy atom. The van der Waals surface area contributed by atoms with Crippen molar-refractivity contribution >= 4 is 11.9 Å². The number of anilines is 1. The van der Waals surface area contributed by atoms with Crippen molar-refractivity contribution in [2.45, 2.75) is 26.4 Å². The van der Waals surface area contributed by atoms with E-state index in [0.717, 1.165) is 0 Å². The highest BCUT2D eigenvalue weighted by molar-refractivity contribution is 5.84. The van der Waals surface area contributed by atoms with Crippen LogP contribution in [-0.2, 0) is 4.74 Å². The van der Waals surface area contributed by atoms with E-state index in [1.807, 2.05) is 6.07 Å². The van der Waals surface area contributed by atoms with E-state index in [1.165, 1.54) is 0 Å². The van der Waals surface area contributed by atoms with Gasteiger partial charge in [0.2, 0.25) is 0 Å². The standard InChI is InChI=1S/C13H15N3O3/c1-13(2,3)18-12(17)15-11-8-10(19-16-11)9-6-4-5-7-14-9/h4-8H,1-3H3,(H,15,16,17). The van der Waals surface area contributed by atoms with Gasteiger partial charge in [-0.3, -0.25) is 10.3 Å². The number of carbonyl (C=O) groups is 1. The Morgan fingerprint density at radius 3 is 2.79 bits per heavy atom. The highest BCUT2D eigenvalue weighted by Crippen LogP contribution is 2.20. The summed E-state index contributed by atoms with van der Waals surface area (Å²) >= 11 is 0. The predicted octanol–water partition coefficient (Wildman–Crippen LogP) is 3.08. The first-order valence-electron chi connectivity index (χ1n) is 5.82. The third-order valence-corrected chi connectivity index (χ3v) is 2.06. The zero-order valence-electron chi connectivity index (χ0n) is 11.0. The minimum absolute atomic E-state index is 0.287. The molecular formula is C13H15N3O3. The van der Waals surface area contributed by atoms with Gasteiger partial charge in [-0.05, 0) is 32.9 Å². The zero-order valence-corrected chi connectivity index (χ0v) is 11.0. The van der Waals surface area contributed by atoms with Crippen LogP contribution in [0.25, 0.3) is 11.5 Å². The third kappa shape index (κ3) is 3.80. The molecule has 6 heteroatoms. The summed E-state index contributed by atoms with van der Waals surface area (Å²) in [5.41, 5.74) is 0.0877. The maximum Gasteiger partial charge on any atom is 0.413 e. The highest BCUT2D eigenvalue weighted by Gasteiger charge is 2.17. The van der Waals surface area contributed by atoms with Gasteiger partial charge in [0.1, 0.15) is 11.3 Å². The van der Waals surface area contributed by atoms with Crippen molar-refractivity contribution in [2.24, 2.45) is 0 Å². The van der Waals surface area contributed by atoms with Crippen LogP contribution in [0.1, 0.15) is 20.8 Å². The van der Waals surface area contributed by atoms with Gasteiger partial charge in [0.05, 0.1) is 0 Å². The molecule has 0 unspecified atom stereocenters. The van der Waals surface area contributed by atoms with Crippen molar-refractivity contribution in [1.82, 2.24) is 10.1 Å². The summed E-state index contributed by atoms with van der Waals surface area (Å²) in [5, 5.41) is 6.23. The van der Waals surface area contributed by atoms with Crippen LogP contribution in [-0.4, -0.2) is 21.8 Å². The van der Waals surface area contributed by atoms with Gasteiger partial charge in [-0.25, -0.2) is 4.79 Å². The summed E-state index contributed by atoms with van der Waals surface area (Å²) in [6, 6.07) is 7.02. The molecule has 1 amide bonds. The molecule has 19 heavy (non-hydrogen) atoms. The van der Waals surface area contributed by atoms with E-state index in [1.54, 1.807) is 45.2 Å². The van der Waals surface area contributed by atoms with Crippen LogP contribution in [0.2, 0.25) is 0 Å². The first-order chi connectivity index (χ1) is 8.94. The Kier molecular flexibility index (Phi) is 3.50. The SMILES string of the molecule is CC(C)(C)OC(=O)Nc1cc(-c2ccccn2)on1. The zero-order chi connectivity index (χ0) is 13.9. The van der Waals surface area contributed by atoms with Gasteiger partial charge < -0.3 is 9.26 Å². The molecule has 2 aromatic heterocycles. The van der Waals surface area contributed by atoms with Crippen molar-refractivity contribution < 1.29 is 14.1 Å².